The number of methoxy groups -OCH3 is 1. The highest BCUT2D eigenvalue weighted by atomic mass is 32.1. The van der Waals surface area contributed by atoms with Crippen LogP contribution in [0.1, 0.15) is 26.4 Å². The zero-order valence-electron chi connectivity index (χ0n) is 16.2. The number of anilines is 1. The number of aryl methyl sites for hydroxylation is 2. The molecule has 150 valence electrons. The van der Waals surface area contributed by atoms with Crippen molar-refractivity contribution in [2.75, 3.05) is 12.4 Å². The number of non-ortho nitro benzene ring substituents is 1. The molecule has 1 amide bonds. The summed E-state index contributed by atoms with van der Waals surface area (Å²) in [4.78, 5) is 23.4. The molecular weight excluding hydrogens is 392 g/mol. The van der Waals surface area contributed by atoms with Crippen LogP contribution in [0.25, 0.3) is 0 Å². The Morgan fingerprint density at radius 3 is 2.55 bits per heavy atom. The van der Waals surface area contributed by atoms with Gasteiger partial charge in [-0.1, -0.05) is 18.2 Å². The van der Waals surface area contributed by atoms with Crippen molar-refractivity contribution in [2.24, 2.45) is 0 Å². The number of hydrogen-bond acceptors (Lipinski definition) is 6. The summed E-state index contributed by atoms with van der Waals surface area (Å²) in [5, 5.41) is 15.5. The number of nitrogens with zero attached hydrogens (tertiary/aromatic N) is 1. The number of thiophene rings is 1. The van der Waals surface area contributed by atoms with Crippen LogP contribution in [0.3, 0.4) is 0 Å². The molecule has 0 saturated carbocycles. The number of benzene rings is 2. The number of ether oxygens (including phenoxy) is 2. The van der Waals surface area contributed by atoms with Gasteiger partial charge in [0.15, 0.2) is 0 Å². The second-order valence-electron chi connectivity index (χ2n) is 6.42. The fraction of sp³-hybridized carbons (Fsp3) is 0.190. The quantitative estimate of drug-likeness (QED) is 0.430. The van der Waals surface area contributed by atoms with Crippen molar-refractivity contribution in [2.45, 2.75) is 20.5 Å². The van der Waals surface area contributed by atoms with E-state index in [-0.39, 0.29) is 17.3 Å². The molecule has 0 unspecified atom stereocenters. The van der Waals surface area contributed by atoms with Crippen LogP contribution in [0.2, 0.25) is 0 Å². The van der Waals surface area contributed by atoms with E-state index in [1.165, 1.54) is 36.6 Å². The van der Waals surface area contributed by atoms with Crippen LogP contribution in [0.5, 0.6) is 11.5 Å². The molecule has 0 fully saturated rings. The first-order valence-corrected chi connectivity index (χ1v) is 9.67. The van der Waals surface area contributed by atoms with E-state index >= 15 is 0 Å². The third-order valence-corrected chi connectivity index (χ3v) is 5.29. The second kappa shape index (κ2) is 8.74. The van der Waals surface area contributed by atoms with Gasteiger partial charge in [0, 0.05) is 11.6 Å². The highest BCUT2D eigenvalue weighted by molar-refractivity contribution is 7.12. The van der Waals surface area contributed by atoms with Crippen molar-refractivity contribution in [1.29, 1.82) is 0 Å². The number of para-hydroxylation sites is 1. The maximum absolute atomic E-state index is 12.6. The Morgan fingerprint density at radius 1 is 1.17 bits per heavy atom. The Bertz CT molecular complexity index is 1040. The SMILES string of the molecule is COc1cc([N+](=O)[O-])ccc1NC(=O)c1cc(COc2c(C)cccc2C)cs1. The fourth-order valence-electron chi connectivity index (χ4n) is 2.83. The van der Waals surface area contributed by atoms with Crippen LogP contribution in [0, 0.1) is 24.0 Å². The van der Waals surface area contributed by atoms with Crippen LogP contribution in [0.15, 0.2) is 47.8 Å². The molecule has 0 spiro atoms. The van der Waals surface area contributed by atoms with Crippen LogP contribution in [-0.4, -0.2) is 17.9 Å². The molecule has 0 saturated heterocycles. The first-order chi connectivity index (χ1) is 13.9. The summed E-state index contributed by atoms with van der Waals surface area (Å²) < 4.78 is 11.1. The first kappa shape index (κ1) is 20.3. The highest BCUT2D eigenvalue weighted by Crippen LogP contribution is 2.30. The van der Waals surface area contributed by atoms with Gasteiger partial charge in [0.1, 0.15) is 18.1 Å². The predicted octanol–water partition coefficient (Wildman–Crippen LogP) is 5.11. The Kier molecular flexibility index (Phi) is 6.13. The largest absolute Gasteiger partial charge is 0.494 e. The number of rotatable bonds is 7. The van der Waals surface area contributed by atoms with E-state index in [9.17, 15) is 14.9 Å². The Morgan fingerprint density at radius 2 is 1.90 bits per heavy atom. The molecule has 3 rings (SSSR count). The summed E-state index contributed by atoms with van der Waals surface area (Å²) in [6, 6.07) is 11.8. The van der Waals surface area contributed by atoms with E-state index in [0.717, 1.165) is 22.4 Å². The molecule has 29 heavy (non-hydrogen) atoms. The molecule has 0 aliphatic carbocycles. The lowest BCUT2D eigenvalue weighted by Gasteiger charge is -2.11. The van der Waals surface area contributed by atoms with Crippen molar-refractivity contribution >= 4 is 28.6 Å². The lowest BCUT2D eigenvalue weighted by molar-refractivity contribution is -0.384. The minimum atomic E-state index is -0.518. The minimum Gasteiger partial charge on any atom is -0.494 e. The van der Waals surface area contributed by atoms with Gasteiger partial charge in [-0.25, -0.2) is 0 Å². The van der Waals surface area contributed by atoms with Crippen LogP contribution >= 0.6 is 11.3 Å². The van der Waals surface area contributed by atoms with Crippen molar-refractivity contribution in [3.8, 4) is 11.5 Å². The molecule has 1 N–H and O–H groups in total. The molecule has 1 aromatic heterocycles. The number of hydrogen-bond donors (Lipinski definition) is 1. The van der Waals surface area contributed by atoms with Crippen LogP contribution in [-0.2, 0) is 6.61 Å². The van der Waals surface area contributed by atoms with Crippen molar-refractivity contribution in [3.05, 3.63) is 79.5 Å². The average Bonchev–Trinajstić information content (AvgIpc) is 3.17. The van der Waals surface area contributed by atoms with E-state index in [0.29, 0.717) is 17.2 Å². The standard InChI is InChI=1S/C21H20N2O5S/c1-13-5-4-6-14(2)20(13)28-11-15-9-19(29-12-15)21(24)22-17-8-7-16(23(25)26)10-18(17)27-3/h4-10,12H,11H2,1-3H3,(H,22,24). The monoisotopic (exact) mass is 412 g/mol. The van der Waals surface area contributed by atoms with Crippen LogP contribution in [0.4, 0.5) is 11.4 Å². The lowest BCUT2D eigenvalue weighted by atomic mass is 10.1. The Labute approximate surface area is 172 Å². The summed E-state index contributed by atoms with van der Waals surface area (Å²) in [5.41, 5.74) is 3.26. The van der Waals surface area contributed by atoms with Crippen molar-refractivity contribution in [1.82, 2.24) is 0 Å². The lowest BCUT2D eigenvalue weighted by Crippen LogP contribution is -2.11. The molecule has 0 radical (unpaired) electrons. The fourth-order valence-corrected chi connectivity index (χ4v) is 3.63. The highest BCUT2D eigenvalue weighted by Gasteiger charge is 2.16. The topological polar surface area (TPSA) is 90.7 Å². The van der Waals surface area contributed by atoms with E-state index in [1.54, 1.807) is 6.07 Å². The van der Waals surface area contributed by atoms with E-state index in [1.807, 2.05) is 37.4 Å². The van der Waals surface area contributed by atoms with E-state index < -0.39 is 4.92 Å². The number of nitrogens with one attached hydrogen (secondary N) is 1. The molecule has 0 aliphatic heterocycles. The number of amides is 1. The van der Waals surface area contributed by atoms with Gasteiger partial charge < -0.3 is 14.8 Å². The molecule has 0 bridgehead atoms. The molecule has 0 atom stereocenters. The van der Waals surface area contributed by atoms with Crippen LogP contribution < -0.4 is 14.8 Å². The molecule has 1 heterocycles. The van der Waals surface area contributed by atoms with Gasteiger partial charge in [-0.3, -0.25) is 14.9 Å². The zero-order chi connectivity index (χ0) is 21.0. The Balaban J connectivity index is 1.69. The van der Waals surface area contributed by atoms with Gasteiger partial charge in [0.25, 0.3) is 11.6 Å². The Hall–Kier alpha value is -3.39. The molecule has 3 aromatic rings. The number of carbonyl (C=O) groups is 1. The van der Waals surface area contributed by atoms with Crippen molar-refractivity contribution < 1.29 is 19.2 Å². The maximum Gasteiger partial charge on any atom is 0.273 e. The van der Waals surface area contributed by atoms with Crippen molar-refractivity contribution in [3.63, 3.8) is 0 Å². The number of carbonyl (C=O) groups excluding carboxylic acids is 1. The molecule has 8 heteroatoms. The predicted molar refractivity (Wildman–Crippen MR) is 112 cm³/mol. The second-order valence-corrected chi connectivity index (χ2v) is 7.34. The first-order valence-electron chi connectivity index (χ1n) is 8.79. The number of nitro groups is 1. The molecule has 0 aliphatic rings. The van der Waals surface area contributed by atoms with Gasteiger partial charge in [0.2, 0.25) is 0 Å². The summed E-state index contributed by atoms with van der Waals surface area (Å²) in [6.45, 7) is 4.34. The zero-order valence-corrected chi connectivity index (χ0v) is 17.0. The van der Waals surface area contributed by atoms with Gasteiger partial charge in [-0.15, -0.1) is 11.3 Å². The average molecular weight is 412 g/mol. The summed E-state index contributed by atoms with van der Waals surface area (Å²) >= 11 is 1.30. The molecular formula is C21H20N2O5S. The van der Waals surface area contributed by atoms with Gasteiger partial charge in [0.05, 0.1) is 28.7 Å². The van der Waals surface area contributed by atoms with E-state index in [2.05, 4.69) is 5.32 Å². The van der Waals surface area contributed by atoms with Gasteiger partial charge >= 0.3 is 0 Å². The van der Waals surface area contributed by atoms with Gasteiger partial charge in [-0.05, 0) is 42.5 Å². The molecule has 2 aromatic carbocycles. The summed E-state index contributed by atoms with van der Waals surface area (Å²) in [7, 11) is 1.39. The van der Waals surface area contributed by atoms with Gasteiger partial charge in [-0.2, -0.15) is 0 Å². The third kappa shape index (κ3) is 4.72. The summed E-state index contributed by atoms with van der Waals surface area (Å²) in [5.74, 6) is 0.753. The normalized spacial score (nSPS) is 10.4. The molecule has 7 nitrogen and oxygen atoms in total. The maximum atomic E-state index is 12.6. The summed E-state index contributed by atoms with van der Waals surface area (Å²) in [6.07, 6.45) is 0. The third-order valence-electron chi connectivity index (χ3n) is 4.31. The smallest absolute Gasteiger partial charge is 0.273 e. The van der Waals surface area contributed by atoms with E-state index in [4.69, 9.17) is 9.47 Å². The number of nitro benzene ring substituents is 1. The minimum absolute atomic E-state index is 0.109.